The van der Waals surface area contributed by atoms with Crippen LogP contribution in [0.5, 0.6) is 0 Å². The normalized spacial score (nSPS) is 14.7. The van der Waals surface area contributed by atoms with Gasteiger partial charge in [0.15, 0.2) is 0 Å². The predicted molar refractivity (Wildman–Crippen MR) is 163 cm³/mol. The van der Waals surface area contributed by atoms with Crippen molar-refractivity contribution >= 4 is 45.3 Å². The summed E-state index contributed by atoms with van der Waals surface area (Å²) in [5, 5.41) is 7.81. The Morgan fingerprint density at radius 1 is 0.977 bits per heavy atom. The van der Waals surface area contributed by atoms with Crippen molar-refractivity contribution in [1.82, 2.24) is 10.6 Å². The summed E-state index contributed by atoms with van der Waals surface area (Å²) in [6, 6.07) is 18.7. The van der Waals surface area contributed by atoms with Gasteiger partial charge < -0.3 is 20.7 Å². The predicted octanol–water partition coefficient (Wildman–Crippen LogP) is 5.07. The first-order valence-electron chi connectivity index (χ1n) is 13.7. The summed E-state index contributed by atoms with van der Waals surface area (Å²) < 4.78 is 38.5. The first kappa shape index (κ1) is 32.0. The monoisotopic (exact) mass is 627 g/mol. The number of benzene rings is 3. The lowest BCUT2D eigenvalue weighted by Gasteiger charge is -2.34. The largest absolute Gasteiger partial charge is 0.449 e. The topological polar surface area (TPSA) is 151 Å². The van der Waals surface area contributed by atoms with E-state index in [1.807, 2.05) is 48.5 Å². The van der Waals surface area contributed by atoms with Crippen LogP contribution in [0, 0.1) is 5.92 Å². The number of hydrogen-bond donors (Lipinski definition) is 4. The van der Waals surface area contributed by atoms with Gasteiger partial charge in [-0.05, 0) is 59.7 Å². The Morgan fingerprint density at radius 2 is 1.56 bits per heavy atom. The van der Waals surface area contributed by atoms with E-state index in [0.29, 0.717) is 0 Å². The van der Waals surface area contributed by atoms with Crippen LogP contribution in [0.4, 0.5) is 10.5 Å². The molecule has 0 radical (unpaired) electrons. The summed E-state index contributed by atoms with van der Waals surface area (Å²) in [5.74, 6) is -1.97. The lowest BCUT2D eigenvalue weighted by atomic mass is 9.87. The fraction of sp³-hybridized carbons (Fsp3) is 0.323. The molecule has 228 valence electrons. The number of fused-ring (bicyclic) bond motifs is 3. The highest BCUT2D eigenvalue weighted by Gasteiger charge is 2.40. The van der Waals surface area contributed by atoms with Crippen LogP contribution < -0.4 is 16.0 Å². The van der Waals surface area contributed by atoms with Crippen LogP contribution in [0.25, 0.3) is 11.1 Å². The number of carbonyl (C=O) groups is 3. The standard InChI is InChI=1S/C31H34ClN3O7S/c1-18(2)31(4,29(37)33-19(3)28(36)34-21-14-13-20(16-32)27(15-21)43(39,40)41)35-30(38)42-17-26-24-11-7-5-9-22(24)23-10-6-8-12-25(23)26/h5-15,18-19,26H,16-17H2,1-4H3,(H,33,37)(H,34,36)(H,35,38)(H,39,40,41)/t19-,31-/m0/s1. The molecule has 0 fully saturated rings. The fourth-order valence-corrected chi connectivity index (χ4v) is 6.01. The van der Waals surface area contributed by atoms with Crippen LogP contribution in [0.1, 0.15) is 50.3 Å². The summed E-state index contributed by atoms with van der Waals surface area (Å²) in [7, 11) is -4.58. The average Bonchev–Trinajstić information content (AvgIpc) is 3.28. The van der Waals surface area contributed by atoms with Crippen molar-refractivity contribution in [1.29, 1.82) is 0 Å². The summed E-state index contributed by atoms with van der Waals surface area (Å²) in [6.07, 6.45) is -0.776. The number of carbonyl (C=O) groups excluding carboxylic acids is 3. The first-order valence-corrected chi connectivity index (χ1v) is 15.6. The van der Waals surface area contributed by atoms with E-state index < -0.39 is 44.5 Å². The number of amides is 3. The third-order valence-electron chi connectivity index (χ3n) is 7.83. The number of alkyl carbamates (subject to hydrolysis) is 1. The number of anilines is 1. The van der Waals surface area contributed by atoms with Crippen LogP contribution in [-0.4, -0.2) is 49.1 Å². The van der Waals surface area contributed by atoms with Gasteiger partial charge in [-0.1, -0.05) is 68.4 Å². The number of rotatable bonds is 10. The molecule has 0 heterocycles. The minimum absolute atomic E-state index is 0.0719. The van der Waals surface area contributed by atoms with E-state index in [-0.39, 0.29) is 35.6 Å². The molecule has 0 saturated heterocycles. The Hall–Kier alpha value is -3.93. The van der Waals surface area contributed by atoms with Crippen molar-refractivity contribution < 1.29 is 32.1 Å². The summed E-state index contributed by atoms with van der Waals surface area (Å²) in [6.45, 7) is 6.57. The maximum Gasteiger partial charge on any atom is 0.408 e. The summed E-state index contributed by atoms with van der Waals surface area (Å²) in [5.41, 5.74) is 3.11. The Labute approximate surface area is 255 Å². The van der Waals surface area contributed by atoms with E-state index in [0.717, 1.165) is 28.3 Å². The van der Waals surface area contributed by atoms with Gasteiger partial charge >= 0.3 is 6.09 Å². The molecule has 3 aromatic rings. The Morgan fingerprint density at radius 3 is 2.09 bits per heavy atom. The SMILES string of the molecule is CC(C)[C@](C)(NC(=O)OCC1c2ccccc2-c2ccccc21)C(=O)N[C@@H](C)C(=O)Nc1ccc(CCl)c(S(=O)(=O)O)c1. The van der Waals surface area contributed by atoms with Gasteiger partial charge in [-0.2, -0.15) is 8.42 Å². The van der Waals surface area contributed by atoms with Gasteiger partial charge in [0.2, 0.25) is 11.8 Å². The molecule has 0 aromatic heterocycles. The minimum Gasteiger partial charge on any atom is -0.449 e. The van der Waals surface area contributed by atoms with Gasteiger partial charge in [0, 0.05) is 17.5 Å². The van der Waals surface area contributed by atoms with Crippen molar-refractivity contribution in [2.24, 2.45) is 5.92 Å². The van der Waals surface area contributed by atoms with E-state index in [9.17, 15) is 27.4 Å². The molecule has 0 bridgehead atoms. The Kier molecular flexibility index (Phi) is 9.48. The second-order valence-corrected chi connectivity index (χ2v) is 12.6. The van der Waals surface area contributed by atoms with Crippen molar-refractivity contribution in [2.45, 2.75) is 56.0 Å². The molecule has 3 aromatic carbocycles. The average molecular weight is 628 g/mol. The second-order valence-electron chi connectivity index (χ2n) is 10.9. The number of nitrogens with one attached hydrogen (secondary N) is 3. The smallest absolute Gasteiger partial charge is 0.408 e. The van der Waals surface area contributed by atoms with E-state index in [1.165, 1.54) is 19.1 Å². The molecular formula is C31H34ClN3O7S. The molecule has 0 spiro atoms. The Balaban J connectivity index is 1.40. The minimum atomic E-state index is -4.58. The molecule has 10 nitrogen and oxygen atoms in total. The number of halogens is 1. The maximum atomic E-state index is 13.4. The van der Waals surface area contributed by atoms with Gasteiger partial charge in [-0.25, -0.2) is 4.79 Å². The molecular weight excluding hydrogens is 594 g/mol. The molecule has 3 amide bonds. The molecule has 1 aliphatic carbocycles. The van der Waals surface area contributed by atoms with Crippen LogP contribution in [0.3, 0.4) is 0 Å². The highest BCUT2D eigenvalue weighted by atomic mass is 35.5. The zero-order valence-electron chi connectivity index (χ0n) is 24.2. The zero-order valence-corrected chi connectivity index (χ0v) is 25.8. The van der Waals surface area contributed by atoms with Gasteiger partial charge in [0.25, 0.3) is 10.1 Å². The van der Waals surface area contributed by atoms with E-state index >= 15 is 0 Å². The van der Waals surface area contributed by atoms with E-state index in [4.69, 9.17) is 16.3 Å². The van der Waals surface area contributed by atoms with Crippen molar-refractivity contribution in [3.8, 4) is 11.1 Å². The van der Waals surface area contributed by atoms with E-state index in [2.05, 4.69) is 16.0 Å². The lowest BCUT2D eigenvalue weighted by Crippen LogP contribution is -2.62. The van der Waals surface area contributed by atoms with Crippen LogP contribution >= 0.6 is 11.6 Å². The zero-order chi connectivity index (χ0) is 31.5. The number of hydrogen-bond acceptors (Lipinski definition) is 6. The van der Waals surface area contributed by atoms with Crippen LogP contribution in [0.2, 0.25) is 0 Å². The molecule has 1 aliphatic rings. The second kappa shape index (κ2) is 12.7. The van der Waals surface area contributed by atoms with Crippen LogP contribution in [-0.2, 0) is 30.3 Å². The third kappa shape index (κ3) is 6.84. The highest BCUT2D eigenvalue weighted by Crippen LogP contribution is 2.44. The highest BCUT2D eigenvalue weighted by molar-refractivity contribution is 7.85. The third-order valence-corrected chi connectivity index (χ3v) is 9.05. The lowest BCUT2D eigenvalue weighted by molar-refractivity contribution is -0.131. The number of ether oxygens (including phenoxy) is 1. The van der Waals surface area contributed by atoms with Gasteiger partial charge in [0.05, 0.1) is 0 Å². The molecule has 0 aliphatic heterocycles. The quantitative estimate of drug-likeness (QED) is 0.181. The van der Waals surface area contributed by atoms with Crippen molar-refractivity contribution in [3.63, 3.8) is 0 Å². The molecule has 12 heteroatoms. The maximum absolute atomic E-state index is 13.4. The summed E-state index contributed by atoms with van der Waals surface area (Å²) >= 11 is 5.75. The molecule has 4 N–H and O–H groups in total. The van der Waals surface area contributed by atoms with Gasteiger partial charge in [-0.15, -0.1) is 11.6 Å². The molecule has 2 atom stereocenters. The molecule has 0 saturated carbocycles. The van der Waals surface area contributed by atoms with Gasteiger partial charge in [0.1, 0.15) is 23.1 Å². The summed E-state index contributed by atoms with van der Waals surface area (Å²) in [4.78, 5) is 38.8. The first-order chi connectivity index (χ1) is 20.3. The molecule has 0 unspecified atom stereocenters. The fourth-order valence-electron chi connectivity index (χ4n) is 4.96. The van der Waals surface area contributed by atoms with Crippen molar-refractivity contribution in [2.75, 3.05) is 11.9 Å². The number of alkyl halides is 1. The van der Waals surface area contributed by atoms with Crippen molar-refractivity contribution in [3.05, 3.63) is 83.4 Å². The van der Waals surface area contributed by atoms with Crippen LogP contribution in [0.15, 0.2) is 71.6 Å². The van der Waals surface area contributed by atoms with Gasteiger partial charge in [-0.3, -0.25) is 14.1 Å². The van der Waals surface area contributed by atoms with E-state index in [1.54, 1.807) is 20.8 Å². The molecule has 4 rings (SSSR count). The Bertz CT molecular complexity index is 1620. The molecule has 43 heavy (non-hydrogen) atoms.